The van der Waals surface area contributed by atoms with E-state index in [9.17, 15) is 14.4 Å². The third-order valence-electron chi connectivity index (χ3n) is 4.10. The first-order chi connectivity index (χ1) is 14.5. The number of pyridine rings is 1. The highest BCUT2D eigenvalue weighted by Gasteiger charge is 2.34. The lowest BCUT2D eigenvalue weighted by molar-refractivity contribution is -0.139. The molecule has 0 radical (unpaired) electrons. The number of thiophene rings is 1. The van der Waals surface area contributed by atoms with Crippen molar-refractivity contribution >= 4 is 29.3 Å². The summed E-state index contributed by atoms with van der Waals surface area (Å²) in [5, 5.41) is 7.11. The first-order valence-corrected chi connectivity index (χ1v) is 10.2. The molecule has 0 unspecified atom stereocenters. The zero-order chi connectivity index (χ0) is 21.5. The molecule has 0 spiro atoms. The van der Waals surface area contributed by atoms with E-state index < -0.39 is 24.0 Å². The highest BCUT2D eigenvalue weighted by Crippen LogP contribution is 2.31. The quantitative estimate of drug-likeness (QED) is 0.617. The Morgan fingerprint density at radius 2 is 1.97 bits per heavy atom. The third kappa shape index (κ3) is 4.77. The average Bonchev–Trinajstić information content (AvgIpc) is 3.27. The van der Waals surface area contributed by atoms with Gasteiger partial charge >= 0.3 is 18.0 Å². The largest absolute Gasteiger partial charge is 0.477 e. The number of nitrogens with one attached hydrogen (secondary N) is 2. The van der Waals surface area contributed by atoms with Crippen molar-refractivity contribution in [1.29, 1.82) is 0 Å². The first kappa shape index (κ1) is 21.3. The SMILES string of the molecule is CCOC(=O)C1=C(COC(=O)c2cccnc2OCC)NC(=O)N[C@@H]1c1cccs1. The van der Waals surface area contributed by atoms with Gasteiger partial charge in [0.15, 0.2) is 0 Å². The molecule has 0 saturated heterocycles. The van der Waals surface area contributed by atoms with Gasteiger partial charge in [0.2, 0.25) is 5.88 Å². The molecule has 2 aromatic heterocycles. The molecule has 2 N–H and O–H groups in total. The van der Waals surface area contributed by atoms with Gasteiger partial charge in [-0.1, -0.05) is 6.07 Å². The van der Waals surface area contributed by atoms with E-state index in [1.165, 1.54) is 23.6 Å². The van der Waals surface area contributed by atoms with Crippen molar-refractivity contribution in [2.24, 2.45) is 0 Å². The second-order valence-electron chi connectivity index (χ2n) is 6.02. The van der Waals surface area contributed by atoms with E-state index in [-0.39, 0.29) is 35.9 Å². The van der Waals surface area contributed by atoms with E-state index in [0.717, 1.165) is 4.88 Å². The summed E-state index contributed by atoms with van der Waals surface area (Å²) in [6, 6.07) is 5.51. The van der Waals surface area contributed by atoms with Crippen LogP contribution < -0.4 is 15.4 Å². The molecule has 0 bridgehead atoms. The van der Waals surface area contributed by atoms with E-state index in [1.54, 1.807) is 26.0 Å². The summed E-state index contributed by atoms with van der Waals surface area (Å²) in [7, 11) is 0. The molecule has 0 aliphatic carbocycles. The Morgan fingerprint density at radius 1 is 1.13 bits per heavy atom. The number of hydrogen-bond donors (Lipinski definition) is 2. The smallest absolute Gasteiger partial charge is 0.344 e. The molecule has 2 amide bonds. The molecule has 0 saturated carbocycles. The summed E-state index contributed by atoms with van der Waals surface area (Å²) in [5.41, 5.74) is 0.487. The van der Waals surface area contributed by atoms with Gasteiger partial charge in [0.25, 0.3) is 0 Å². The van der Waals surface area contributed by atoms with Gasteiger partial charge < -0.3 is 24.8 Å². The van der Waals surface area contributed by atoms with Gasteiger partial charge in [0.1, 0.15) is 12.2 Å². The van der Waals surface area contributed by atoms with Gasteiger partial charge in [-0.2, -0.15) is 0 Å². The van der Waals surface area contributed by atoms with Crippen LogP contribution in [-0.4, -0.2) is 42.8 Å². The molecule has 1 aliphatic rings. The summed E-state index contributed by atoms with van der Waals surface area (Å²) < 4.78 is 15.9. The molecule has 30 heavy (non-hydrogen) atoms. The van der Waals surface area contributed by atoms with Gasteiger partial charge in [0, 0.05) is 11.1 Å². The Balaban J connectivity index is 1.88. The predicted molar refractivity (Wildman–Crippen MR) is 108 cm³/mol. The highest BCUT2D eigenvalue weighted by molar-refractivity contribution is 7.10. The lowest BCUT2D eigenvalue weighted by Gasteiger charge is -2.28. The number of amides is 2. The fourth-order valence-electron chi connectivity index (χ4n) is 2.86. The average molecular weight is 431 g/mol. The zero-order valence-corrected chi connectivity index (χ0v) is 17.3. The van der Waals surface area contributed by atoms with Crippen LogP contribution in [0.5, 0.6) is 5.88 Å². The number of ether oxygens (including phenoxy) is 3. The molecule has 10 heteroatoms. The Labute approximate surface area is 177 Å². The molecular weight excluding hydrogens is 410 g/mol. The van der Waals surface area contributed by atoms with Crippen molar-refractivity contribution in [3.8, 4) is 5.88 Å². The fourth-order valence-corrected chi connectivity index (χ4v) is 3.65. The predicted octanol–water partition coefficient (Wildman–Crippen LogP) is 2.57. The van der Waals surface area contributed by atoms with Gasteiger partial charge in [-0.05, 0) is 37.4 Å². The normalized spacial score (nSPS) is 15.8. The number of rotatable bonds is 8. The van der Waals surface area contributed by atoms with E-state index in [2.05, 4.69) is 15.6 Å². The van der Waals surface area contributed by atoms with E-state index in [1.807, 2.05) is 11.4 Å². The van der Waals surface area contributed by atoms with Crippen molar-refractivity contribution in [2.75, 3.05) is 19.8 Å². The topological polar surface area (TPSA) is 116 Å². The first-order valence-electron chi connectivity index (χ1n) is 9.31. The number of nitrogens with zero attached hydrogens (tertiary/aromatic N) is 1. The molecule has 3 rings (SSSR count). The molecule has 1 atom stereocenters. The maximum Gasteiger partial charge on any atom is 0.344 e. The van der Waals surface area contributed by atoms with E-state index in [0.29, 0.717) is 6.61 Å². The summed E-state index contributed by atoms with van der Waals surface area (Å²) in [6.07, 6.45) is 1.50. The van der Waals surface area contributed by atoms with Crippen molar-refractivity contribution in [2.45, 2.75) is 19.9 Å². The maximum absolute atomic E-state index is 12.6. The van der Waals surface area contributed by atoms with Crippen LogP contribution in [0, 0.1) is 0 Å². The van der Waals surface area contributed by atoms with Crippen LogP contribution in [0.15, 0.2) is 47.1 Å². The molecular formula is C20H21N3O6S. The fraction of sp³-hybridized carbons (Fsp3) is 0.300. The summed E-state index contributed by atoms with van der Waals surface area (Å²) in [5.74, 6) is -1.15. The van der Waals surface area contributed by atoms with Gasteiger partial charge in [-0.3, -0.25) is 0 Å². The Bertz CT molecular complexity index is 957. The highest BCUT2D eigenvalue weighted by atomic mass is 32.1. The molecule has 0 fully saturated rings. The lowest BCUT2D eigenvalue weighted by Crippen LogP contribution is -2.46. The Hall–Kier alpha value is -3.40. The minimum absolute atomic E-state index is 0.146. The van der Waals surface area contributed by atoms with Crippen LogP contribution in [-0.2, 0) is 14.3 Å². The summed E-state index contributed by atoms with van der Waals surface area (Å²) in [6.45, 7) is 3.62. The van der Waals surface area contributed by atoms with Crippen LogP contribution >= 0.6 is 11.3 Å². The zero-order valence-electron chi connectivity index (χ0n) is 16.5. The monoisotopic (exact) mass is 431 g/mol. The van der Waals surface area contributed by atoms with Crippen LogP contribution in [0.3, 0.4) is 0 Å². The minimum atomic E-state index is -0.705. The van der Waals surface area contributed by atoms with Crippen LogP contribution in [0.1, 0.15) is 35.1 Å². The number of carbonyl (C=O) groups excluding carboxylic acids is 3. The van der Waals surface area contributed by atoms with Gasteiger partial charge in [-0.15, -0.1) is 11.3 Å². The molecule has 9 nitrogen and oxygen atoms in total. The van der Waals surface area contributed by atoms with Crippen LogP contribution in [0.2, 0.25) is 0 Å². The standard InChI is InChI=1S/C20H21N3O6S/c1-3-27-17-12(7-5-9-21-17)18(24)29-11-13-15(19(25)28-4-2)16(23-20(26)22-13)14-8-6-10-30-14/h5-10,16H,3-4,11H2,1-2H3,(H2,22,23,26)/t16-/m1/s1. The van der Waals surface area contributed by atoms with Crippen LogP contribution in [0.4, 0.5) is 4.79 Å². The minimum Gasteiger partial charge on any atom is -0.477 e. The number of esters is 2. The maximum atomic E-state index is 12.6. The number of aromatic nitrogens is 1. The number of urea groups is 1. The van der Waals surface area contributed by atoms with Crippen molar-refractivity contribution < 1.29 is 28.6 Å². The second kappa shape index (κ2) is 9.88. The molecule has 1 aliphatic heterocycles. The third-order valence-corrected chi connectivity index (χ3v) is 5.03. The Kier molecular flexibility index (Phi) is 7.02. The van der Waals surface area contributed by atoms with Gasteiger partial charge in [-0.25, -0.2) is 19.4 Å². The molecule has 158 valence electrons. The van der Waals surface area contributed by atoms with Crippen molar-refractivity contribution in [3.05, 3.63) is 57.6 Å². The molecule has 2 aromatic rings. The van der Waals surface area contributed by atoms with Crippen molar-refractivity contribution in [1.82, 2.24) is 15.6 Å². The van der Waals surface area contributed by atoms with E-state index in [4.69, 9.17) is 14.2 Å². The summed E-state index contributed by atoms with van der Waals surface area (Å²) in [4.78, 5) is 42.2. The van der Waals surface area contributed by atoms with Crippen LogP contribution in [0.25, 0.3) is 0 Å². The number of hydrogen-bond acceptors (Lipinski definition) is 8. The van der Waals surface area contributed by atoms with Gasteiger partial charge in [0.05, 0.1) is 30.5 Å². The second-order valence-corrected chi connectivity index (χ2v) is 7.00. The molecule has 3 heterocycles. The molecule has 0 aromatic carbocycles. The summed E-state index contributed by atoms with van der Waals surface area (Å²) >= 11 is 1.38. The number of carbonyl (C=O) groups is 3. The van der Waals surface area contributed by atoms with Crippen molar-refractivity contribution in [3.63, 3.8) is 0 Å². The van der Waals surface area contributed by atoms with E-state index >= 15 is 0 Å². The Morgan fingerprint density at radius 3 is 2.67 bits per heavy atom. The lowest BCUT2D eigenvalue weighted by atomic mass is 10.0.